The zero-order valence-electron chi connectivity index (χ0n) is 8.84. The SMILES string of the molecule is Cc1ccc(F)c(Nc2ncc(I)cn2)c1F. The Labute approximate surface area is 110 Å². The van der Waals surface area contributed by atoms with Crippen molar-refractivity contribution in [1.82, 2.24) is 9.97 Å². The van der Waals surface area contributed by atoms with Crippen LogP contribution >= 0.6 is 22.6 Å². The molecule has 0 aliphatic rings. The molecule has 0 spiro atoms. The monoisotopic (exact) mass is 347 g/mol. The fourth-order valence-corrected chi connectivity index (χ4v) is 1.54. The Morgan fingerprint density at radius 3 is 2.47 bits per heavy atom. The van der Waals surface area contributed by atoms with E-state index in [0.717, 1.165) is 3.57 Å². The van der Waals surface area contributed by atoms with E-state index in [1.807, 2.05) is 22.6 Å². The van der Waals surface area contributed by atoms with Crippen molar-refractivity contribution in [2.24, 2.45) is 0 Å². The minimum absolute atomic E-state index is 0.161. The molecule has 0 fully saturated rings. The molecule has 1 heterocycles. The van der Waals surface area contributed by atoms with Crippen LogP contribution in [0, 0.1) is 22.1 Å². The molecule has 88 valence electrons. The molecule has 17 heavy (non-hydrogen) atoms. The number of aryl methyl sites for hydroxylation is 1. The molecule has 2 aromatic rings. The maximum atomic E-state index is 13.7. The smallest absolute Gasteiger partial charge is 0.227 e. The summed E-state index contributed by atoms with van der Waals surface area (Å²) in [5.41, 5.74) is 0.130. The van der Waals surface area contributed by atoms with Crippen molar-refractivity contribution in [2.75, 3.05) is 5.32 Å². The van der Waals surface area contributed by atoms with Crippen LogP contribution in [0.25, 0.3) is 0 Å². The summed E-state index contributed by atoms with van der Waals surface area (Å²) in [5.74, 6) is -1.14. The predicted octanol–water partition coefficient (Wildman–Crippen LogP) is 3.41. The lowest BCUT2D eigenvalue weighted by molar-refractivity contribution is 0.584. The fraction of sp³-hybridized carbons (Fsp3) is 0.0909. The van der Waals surface area contributed by atoms with Crippen LogP contribution in [0.4, 0.5) is 20.4 Å². The van der Waals surface area contributed by atoms with E-state index in [4.69, 9.17) is 0 Å². The van der Waals surface area contributed by atoms with Gasteiger partial charge in [0.05, 0.1) is 0 Å². The van der Waals surface area contributed by atoms with E-state index in [0.29, 0.717) is 5.56 Å². The summed E-state index contributed by atoms with van der Waals surface area (Å²) in [6.45, 7) is 1.56. The van der Waals surface area contributed by atoms with Crippen LogP contribution in [-0.2, 0) is 0 Å². The van der Waals surface area contributed by atoms with Crippen molar-refractivity contribution in [3.05, 3.63) is 45.3 Å². The lowest BCUT2D eigenvalue weighted by Crippen LogP contribution is -2.02. The second-order valence-corrected chi connectivity index (χ2v) is 4.65. The van der Waals surface area contributed by atoms with E-state index < -0.39 is 11.6 Å². The fourth-order valence-electron chi connectivity index (χ4n) is 1.26. The van der Waals surface area contributed by atoms with Crippen LogP contribution in [-0.4, -0.2) is 9.97 Å². The highest BCUT2D eigenvalue weighted by molar-refractivity contribution is 14.1. The van der Waals surface area contributed by atoms with E-state index >= 15 is 0 Å². The quantitative estimate of drug-likeness (QED) is 0.847. The third kappa shape index (κ3) is 2.68. The Balaban J connectivity index is 2.36. The highest BCUT2D eigenvalue weighted by atomic mass is 127. The van der Waals surface area contributed by atoms with Gasteiger partial charge in [-0.05, 0) is 41.1 Å². The number of nitrogens with zero attached hydrogens (tertiary/aromatic N) is 2. The molecule has 0 radical (unpaired) electrons. The lowest BCUT2D eigenvalue weighted by atomic mass is 10.2. The zero-order valence-corrected chi connectivity index (χ0v) is 11.0. The number of hydrogen-bond donors (Lipinski definition) is 1. The van der Waals surface area contributed by atoms with E-state index in [2.05, 4.69) is 15.3 Å². The van der Waals surface area contributed by atoms with Crippen molar-refractivity contribution in [3.8, 4) is 0 Å². The first kappa shape index (κ1) is 12.2. The molecule has 0 atom stereocenters. The largest absolute Gasteiger partial charge is 0.319 e. The Hall–Kier alpha value is -1.31. The predicted molar refractivity (Wildman–Crippen MR) is 69.1 cm³/mol. The highest BCUT2D eigenvalue weighted by Gasteiger charge is 2.12. The first-order chi connectivity index (χ1) is 8.08. The molecular weight excluding hydrogens is 339 g/mol. The van der Waals surface area contributed by atoms with E-state index in [1.165, 1.54) is 12.1 Å². The Morgan fingerprint density at radius 2 is 1.82 bits per heavy atom. The van der Waals surface area contributed by atoms with Crippen LogP contribution in [0.1, 0.15) is 5.56 Å². The average molecular weight is 347 g/mol. The van der Waals surface area contributed by atoms with E-state index in [-0.39, 0.29) is 11.6 Å². The molecular formula is C11H8F2IN3. The molecule has 0 aliphatic heterocycles. The van der Waals surface area contributed by atoms with Crippen molar-refractivity contribution in [3.63, 3.8) is 0 Å². The summed E-state index contributed by atoms with van der Waals surface area (Å²) in [6, 6.07) is 2.58. The maximum absolute atomic E-state index is 13.7. The molecule has 0 aliphatic carbocycles. The second kappa shape index (κ2) is 4.91. The minimum atomic E-state index is -0.671. The Kier molecular flexibility index (Phi) is 3.51. The van der Waals surface area contributed by atoms with Gasteiger partial charge >= 0.3 is 0 Å². The van der Waals surface area contributed by atoms with Crippen LogP contribution in [0.15, 0.2) is 24.5 Å². The molecule has 0 bridgehead atoms. The topological polar surface area (TPSA) is 37.8 Å². The van der Waals surface area contributed by atoms with Crippen molar-refractivity contribution in [1.29, 1.82) is 0 Å². The maximum Gasteiger partial charge on any atom is 0.227 e. The molecule has 6 heteroatoms. The molecule has 0 unspecified atom stereocenters. The summed E-state index contributed by atoms with van der Waals surface area (Å²) in [6.07, 6.45) is 3.11. The third-order valence-electron chi connectivity index (χ3n) is 2.14. The van der Waals surface area contributed by atoms with Gasteiger partial charge in [-0.15, -0.1) is 0 Å². The molecule has 0 amide bonds. The Morgan fingerprint density at radius 1 is 1.18 bits per heavy atom. The molecule has 1 aromatic heterocycles. The summed E-state index contributed by atoms with van der Waals surface area (Å²) in [5, 5.41) is 2.53. The number of benzene rings is 1. The summed E-state index contributed by atoms with van der Waals surface area (Å²) >= 11 is 2.05. The van der Waals surface area contributed by atoms with Gasteiger partial charge in [-0.3, -0.25) is 0 Å². The lowest BCUT2D eigenvalue weighted by Gasteiger charge is -2.08. The van der Waals surface area contributed by atoms with Gasteiger partial charge in [0.2, 0.25) is 5.95 Å². The first-order valence-corrected chi connectivity index (χ1v) is 5.85. The molecule has 0 saturated heterocycles. The standard InChI is InChI=1S/C11H8F2IN3/c1-6-2-3-8(12)10(9(6)13)17-11-15-4-7(14)5-16-11/h2-5H,1H3,(H,15,16,17). The number of hydrogen-bond acceptors (Lipinski definition) is 3. The normalized spacial score (nSPS) is 10.4. The molecule has 2 rings (SSSR count). The van der Waals surface area contributed by atoms with Crippen LogP contribution in [0.3, 0.4) is 0 Å². The molecule has 1 N–H and O–H groups in total. The first-order valence-electron chi connectivity index (χ1n) is 4.77. The van der Waals surface area contributed by atoms with Crippen molar-refractivity contribution >= 4 is 34.2 Å². The summed E-state index contributed by atoms with van der Waals surface area (Å²) in [7, 11) is 0. The van der Waals surface area contributed by atoms with Gasteiger partial charge in [-0.1, -0.05) is 6.07 Å². The van der Waals surface area contributed by atoms with Gasteiger partial charge in [0, 0.05) is 16.0 Å². The second-order valence-electron chi connectivity index (χ2n) is 3.40. The van der Waals surface area contributed by atoms with E-state index in [1.54, 1.807) is 19.3 Å². The molecule has 1 aromatic carbocycles. The van der Waals surface area contributed by atoms with Gasteiger partial charge in [0.15, 0.2) is 5.82 Å². The molecule has 0 saturated carbocycles. The number of anilines is 2. The van der Waals surface area contributed by atoms with Crippen molar-refractivity contribution in [2.45, 2.75) is 6.92 Å². The zero-order chi connectivity index (χ0) is 12.4. The number of rotatable bonds is 2. The molecule has 3 nitrogen and oxygen atoms in total. The van der Waals surface area contributed by atoms with E-state index in [9.17, 15) is 8.78 Å². The Bertz CT molecular complexity index is 543. The van der Waals surface area contributed by atoms with Gasteiger partial charge in [-0.2, -0.15) is 0 Å². The third-order valence-corrected chi connectivity index (χ3v) is 2.70. The highest BCUT2D eigenvalue weighted by Crippen LogP contribution is 2.23. The summed E-state index contributed by atoms with van der Waals surface area (Å²) in [4.78, 5) is 7.84. The van der Waals surface area contributed by atoms with Gasteiger partial charge in [-0.25, -0.2) is 18.7 Å². The number of halogens is 3. The average Bonchev–Trinajstić information content (AvgIpc) is 2.32. The van der Waals surface area contributed by atoms with Gasteiger partial charge < -0.3 is 5.32 Å². The van der Waals surface area contributed by atoms with Crippen LogP contribution in [0.2, 0.25) is 0 Å². The number of aromatic nitrogens is 2. The van der Waals surface area contributed by atoms with Crippen molar-refractivity contribution < 1.29 is 8.78 Å². The number of nitrogens with one attached hydrogen (secondary N) is 1. The van der Waals surface area contributed by atoms with Gasteiger partial charge in [0.1, 0.15) is 11.5 Å². The minimum Gasteiger partial charge on any atom is -0.319 e. The van der Waals surface area contributed by atoms with Gasteiger partial charge in [0.25, 0.3) is 0 Å². The van der Waals surface area contributed by atoms with Crippen LogP contribution < -0.4 is 5.32 Å². The van der Waals surface area contributed by atoms with Crippen LogP contribution in [0.5, 0.6) is 0 Å². The summed E-state index contributed by atoms with van der Waals surface area (Å²) < 4.78 is 27.9.